The fraction of sp³-hybridized carbons (Fsp3) is 0.467. The maximum Gasteiger partial charge on any atom is 0.120 e. The van der Waals surface area contributed by atoms with Crippen LogP contribution >= 0.6 is 0 Å². The van der Waals surface area contributed by atoms with E-state index in [1.807, 2.05) is 12.1 Å². The smallest absolute Gasteiger partial charge is 0.120 e. The number of nitrogens with one attached hydrogen (secondary N) is 1. The maximum atomic E-state index is 5.87. The summed E-state index contributed by atoms with van der Waals surface area (Å²) in [6, 6.07) is 6.01. The van der Waals surface area contributed by atoms with E-state index in [4.69, 9.17) is 8.83 Å². The fourth-order valence-corrected chi connectivity index (χ4v) is 2.07. The molecule has 2 heterocycles. The van der Waals surface area contributed by atoms with Crippen LogP contribution in [0.3, 0.4) is 0 Å². The van der Waals surface area contributed by atoms with E-state index in [9.17, 15) is 0 Å². The Morgan fingerprint density at radius 3 is 2.74 bits per heavy atom. The van der Waals surface area contributed by atoms with Crippen LogP contribution in [0.1, 0.15) is 29.8 Å². The summed E-state index contributed by atoms with van der Waals surface area (Å²) in [6.45, 7) is 7.50. The van der Waals surface area contributed by atoms with Gasteiger partial charge in [-0.25, -0.2) is 0 Å². The predicted molar refractivity (Wildman–Crippen MR) is 74.7 cm³/mol. The Balaban J connectivity index is 1.91. The Bertz CT molecular complexity index is 488. The summed E-state index contributed by atoms with van der Waals surface area (Å²) < 4.78 is 11.2. The van der Waals surface area contributed by atoms with Crippen LogP contribution in [0.2, 0.25) is 0 Å². The molecule has 0 amide bonds. The van der Waals surface area contributed by atoms with Gasteiger partial charge >= 0.3 is 0 Å². The van der Waals surface area contributed by atoms with Gasteiger partial charge in [0.25, 0.3) is 0 Å². The highest BCUT2D eigenvalue weighted by molar-refractivity contribution is 5.20. The van der Waals surface area contributed by atoms with Crippen LogP contribution in [-0.2, 0) is 19.6 Å². The zero-order valence-electron chi connectivity index (χ0n) is 11.9. The van der Waals surface area contributed by atoms with Gasteiger partial charge in [0.05, 0.1) is 25.9 Å². The van der Waals surface area contributed by atoms with Crippen LogP contribution in [0.25, 0.3) is 0 Å². The Labute approximate surface area is 114 Å². The third-order valence-electron chi connectivity index (χ3n) is 3.04. The average Bonchev–Trinajstić information content (AvgIpc) is 2.97. The molecule has 2 aromatic rings. The molecular formula is C15H22N2O2. The predicted octanol–water partition coefficient (Wildman–Crippen LogP) is 2.92. The number of hydrogen-bond donors (Lipinski definition) is 1. The van der Waals surface area contributed by atoms with Gasteiger partial charge < -0.3 is 14.2 Å². The molecule has 0 aliphatic rings. The molecule has 0 spiro atoms. The highest BCUT2D eigenvalue weighted by Crippen LogP contribution is 2.16. The highest BCUT2D eigenvalue weighted by atomic mass is 16.3. The van der Waals surface area contributed by atoms with Gasteiger partial charge in [-0.05, 0) is 44.3 Å². The largest absolute Gasteiger partial charge is 0.468 e. The van der Waals surface area contributed by atoms with Gasteiger partial charge in [0, 0.05) is 0 Å². The second kappa shape index (κ2) is 6.59. The fourth-order valence-electron chi connectivity index (χ4n) is 2.07. The molecule has 0 aromatic carbocycles. The minimum absolute atomic E-state index is 0.785. The zero-order chi connectivity index (χ0) is 13.7. The number of nitrogens with zero attached hydrogens (tertiary/aromatic N) is 1. The Kier molecular flexibility index (Phi) is 4.82. The average molecular weight is 262 g/mol. The van der Waals surface area contributed by atoms with Crippen molar-refractivity contribution in [3.05, 3.63) is 47.3 Å². The molecule has 19 heavy (non-hydrogen) atoms. The molecule has 0 aliphatic heterocycles. The van der Waals surface area contributed by atoms with Crippen LogP contribution < -0.4 is 5.32 Å². The van der Waals surface area contributed by atoms with Gasteiger partial charge in [0.15, 0.2) is 0 Å². The van der Waals surface area contributed by atoms with Crippen molar-refractivity contribution in [1.82, 2.24) is 10.2 Å². The molecule has 1 N–H and O–H groups in total. The topological polar surface area (TPSA) is 41.6 Å². The minimum Gasteiger partial charge on any atom is -0.468 e. The lowest BCUT2D eigenvalue weighted by molar-refractivity contribution is 0.261. The third kappa shape index (κ3) is 3.98. The van der Waals surface area contributed by atoms with Crippen LogP contribution in [0.15, 0.2) is 33.3 Å². The Hall–Kier alpha value is -1.52. The van der Waals surface area contributed by atoms with Gasteiger partial charge in [0.2, 0.25) is 0 Å². The molecule has 2 aromatic heterocycles. The molecule has 0 atom stereocenters. The Morgan fingerprint density at radius 2 is 2.05 bits per heavy atom. The summed E-state index contributed by atoms with van der Waals surface area (Å²) in [5.41, 5.74) is 1.21. The molecular weight excluding hydrogens is 240 g/mol. The monoisotopic (exact) mass is 262 g/mol. The van der Waals surface area contributed by atoms with Gasteiger partial charge in [-0.3, -0.25) is 4.90 Å². The van der Waals surface area contributed by atoms with Crippen LogP contribution in [-0.4, -0.2) is 18.5 Å². The van der Waals surface area contributed by atoms with E-state index in [0.717, 1.165) is 43.5 Å². The summed E-state index contributed by atoms with van der Waals surface area (Å²) in [5.74, 6) is 3.00. The summed E-state index contributed by atoms with van der Waals surface area (Å²) in [6.07, 6.45) is 1.70. The summed E-state index contributed by atoms with van der Waals surface area (Å²) >= 11 is 0. The first-order valence-corrected chi connectivity index (χ1v) is 6.69. The molecule has 0 aliphatic carbocycles. The summed E-state index contributed by atoms with van der Waals surface area (Å²) in [7, 11) is 2.06. The minimum atomic E-state index is 0.785. The molecule has 0 radical (unpaired) electrons. The number of aryl methyl sites for hydroxylation is 1. The lowest BCUT2D eigenvalue weighted by Crippen LogP contribution is -2.16. The number of rotatable bonds is 7. The van der Waals surface area contributed by atoms with E-state index in [-0.39, 0.29) is 0 Å². The van der Waals surface area contributed by atoms with Crippen molar-refractivity contribution in [1.29, 1.82) is 0 Å². The zero-order valence-corrected chi connectivity index (χ0v) is 11.9. The summed E-state index contributed by atoms with van der Waals surface area (Å²) in [4.78, 5) is 2.17. The highest BCUT2D eigenvalue weighted by Gasteiger charge is 2.10. The second-order valence-electron chi connectivity index (χ2n) is 4.85. The quantitative estimate of drug-likeness (QED) is 0.833. The SMILES string of the molecule is CCNCc1oc(CN(C)Cc2ccco2)cc1C. The van der Waals surface area contributed by atoms with E-state index in [1.165, 1.54) is 5.56 Å². The Morgan fingerprint density at radius 1 is 1.26 bits per heavy atom. The van der Waals surface area contributed by atoms with Crippen molar-refractivity contribution in [3.63, 3.8) is 0 Å². The van der Waals surface area contributed by atoms with E-state index in [2.05, 4.69) is 37.2 Å². The lowest BCUT2D eigenvalue weighted by Gasteiger charge is -2.12. The molecule has 0 saturated heterocycles. The molecule has 0 fully saturated rings. The number of hydrogen-bond acceptors (Lipinski definition) is 4. The van der Waals surface area contributed by atoms with Crippen LogP contribution in [0.5, 0.6) is 0 Å². The molecule has 0 unspecified atom stereocenters. The molecule has 4 nitrogen and oxygen atoms in total. The molecule has 2 rings (SSSR count). The van der Waals surface area contributed by atoms with Crippen LogP contribution in [0.4, 0.5) is 0 Å². The van der Waals surface area contributed by atoms with E-state index in [0.29, 0.717) is 0 Å². The first-order chi connectivity index (χ1) is 9.19. The molecule has 0 saturated carbocycles. The van der Waals surface area contributed by atoms with Crippen molar-refractivity contribution < 1.29 is 8.83 Å². The summed E-state index contributed by atoms with van der Waals surface area (Å²) in [5, 5.41) is 3.29. The second-order valence-corrected chi connectivity index (χ2v) is 4.85. The first kappa shape index (κ1) is 13.9. The van der Waals surface area contributed by atoms with E-state index < -0.39 is 0 Å². The first-order valence-electron chi connectivity index (χ1n) is 6.69. The molecule has 104 valence electrons. The van der Waals surface area contributed by atoms with Gasteiger partial charge in [-0.1, -0.05) is 6.92 Å². The van der Waals surface area contributed by atoms with E-state index in [1.54, 1.807) is 6.26 Å². The molecule has 4 heteroatoms. The van der Waals surface area contributed by atoms with Crippen LogP contribution in [0, 0.1) is 6.92 Å². The maximum absolute atomic E-state index is 5.87. The standard InChI is InChI=1S/C15H22N2O2/c1-4-16-9-15-12(2)8-14(19-15)11-17(3)10-13-6-5-7-18-13/h5-8,16H,4,9-11H2,1-3H3. The normalized spacial score (nSPS) is 11.4. The van der Waals surface area contributed by atoms with Crippen molar-refractivity contribution in [3.8, 4) is 0 Å². The number of furan rings is 2. The van der Waals surface area contributed by atoms with E-state index >= 15 is 0 Å². The van der Waals surface area contributed by atoms with Gasteiger partial charge in [0.1, 0.15) is 17.3 Å². The lowest BCUT2D eigenvalue weighted by atomic mass is 10.2. The van der Waals surface area contributed by atoms with Crippen molar-refractivity contribution in [2.24, 2.45) is 0 Å². The molecule has 0 bridgehead atoms. The van der Waals surface area contributed by atoms with Crippen molar-refractivity contribution in [2.75, 3.05) is 13.6 Å². The van der Waals surface area contributed by atoms with Crippen molar-refractivity contribution in [2.45, 2.75) is 33.5 Å². The third-order valence-corrected chi connectivity index (χ3v) is 3.04. The van der Waals surface area contributed by atoms with Crippen molar-refractivity contribution >= 4 is 0 Å². The van der Waals surface area contributed by atoms with Gasteiger partial charge in [-0.2, -0.15) is 0 Å². The van der Waals surface area contributed by atoms with Gasteiger partial charge in [-0.15, -0.1) is 0 Å².